The summed E-state index contributed by atoms with van der Waals surface area (Å²) >= 11 is 0. The summed E-state index contributed by atoms with van der Waals surface area (Å²) in [6, 6.07) is 5.01. The first-order valence-electron chi connectivity index (χ1n) is 4.48. The van der Waals surface area contributed by atoms with Crippen molar-refractivity contribution in [3.63, 3.8) is 0 Å². The first kappa shape index (κ1) is 12.5. The van der Waals surface area contributed by atoms with Crippen molar-refractivity contribution in [1.82, 2.24) is 0 Å². The third-order valence-corrected chi connectivity index (χ3v) is 1.51. The highest BCUT2D eigenvalue weighted by Crippen LogP contribution is 2.21. The Hall–Kier alpha value is -1.51. The van der Waals surface area contributed by atoms with Gasteiger partial charge in [0, 0.05) is 11.6 Å². The standard InChI is InChI=1S/C9H10O3.C2H6/c1-11-8-3-7(6-10)4-9(5-8)12-2;1-2/h3-6H,1-2H3;1-2H3. The molecule has 1 aromatic rings. The summed E-state index contributed by atoms with van der Waals surface area (Å²) in [5, 5.41) is 0. The molecule has 3 nitrogen and oxygen atoms in total. The predicted octanol–water partition coefficient (Wildman–Crippen LogP) is 2.54. The second-order valence-electron chi connectivity index (χ2n) is 2.26. The second-order valence-corrected chi connectivity index (χ2v) is 2.26. The molecule has 0 aromatic heterocycles. The molecule has 3 heteroatoms. The molecule has 0 bridgehead atoms. The summed E-state index contributed by atoms with van der Waals surface area (Å²) < 4.78 is 9.92. The van der Waals surface area contributed by atoms with Gasteiger partial charge < -0.3 is 9.47 Å². The van der Waals surface area contributed by atoms with Gasteiger partial charge in [0.2, 0.25) is 0 Å². The number of rotatable bonds is 3. The number of methoxy groups -OCH3 is 2. The molecule has 0 unspecified atom stereocenters. The molecular formula is C11H16O3. The van der Waals surface area contributed by atoms with Gasteiger partial charge in [-0.15, -0.1) is 0 Å². The minimum absolute atomic E-state index is 0.547. The van der Waals surface area contributed by atoms with Crippen LogP contribution in [-0.4, -0.2) is 20.5 Å². The summed E-state index contributed by atoms with van der Waals surface area (Å²) in [7, 11) is 3.09. The number of hydrogen-bond donors (Lipinski definition) is 0. The summed E-state index contributed by atoms with van der Waals surface area (Å²) in [6.45, 7) is 4.00. The molecule has 78 valence electrons. The molecule has 0 heterocycles. The van der Waals surface area contributed by atoms with E-state index in [1.165, 1.54) is 0 Å². The van der Waals surface area contributed by atoms with Crippen LogP contribution in [0.1, 0.15) is 24.2 Å². The number of carbonyl (C=O) groups excluding carboxylic acids is 1. The smallest absolute Gasteiger partial charge is 0.150 e. The molecular weight excluding hydrogens is 180 g/mol. The highest BCUT2D eigenvalue weighted by molar-refractivity contribution is 5.76. The van der Waals surface area contributed by atoms with Gasteiger partial charge >= 0.3 is 0 Å². The van der Waals surface area contributed by atoms with Crippen molar-refractivity contribution in [1.29, 1.82) is 0 Å². The Morgan fingerprint density at radius 1 is 1.00 bits per heavy atom. The lowest BCUT2D eigenvalue weighted by atomic mass is 10.2. The number of ether oxygens (including phenoxy) is 2. The molecule has 0 saturated carbocycles. The quantitative estimate of drug-likeness (QED) is 0.697. The maximum atomic E-state index is 10.4. The molecule has 0 aliphatic rings. The maximum absolute atomic E-state index is 10.4. The first-order valence-corrected chi connectivity index (χ1v) is 4.48. The van der Waals surface area contributed by atoms with Crippen LogP contribution < -0.4 is 9.47 Å². The molecule has 1 aromatic carbocycles. The lowest BCUT2D eigenvalue weighted by Gasteiger charge is -2.04. The van der Waals surface area contributed by atoms with Crippen molar-refractivity contribution in [2.24, 2.45) is 0 Å². The highest BCUT2D eigenvalue weighted by Gasteiger charge is 1.99. The Morgan fingerprint density at radius 3 is 1.71 bits per heavy atom. The summed E-state index contributed by atoms with van der Waals surface area (Å²) in [6.07, 6.45) is 0.755. The minimum Gasteiger partial charge on any atom is -0.497 e. The van der Waals surface area contributed by atoms with E-state index in [1.807, 2.05) is 13.8 Å². The maximum Gasteiger partial charge on any atom is 0.150 e. The van der Waals surface area contributed by atoms with E-state index in [0.29, 0.717) is 17.1 Å². The van der Waals surface area contributed by atoms with Crippen LogP contribution in [-0.2, 0) is 0 Å². The fourth-order valence-electron chi connectivity index (χ4n) is 0.897. The summed E-state index contributed by atoms with van der Waals surface area (Å²) in [5.41, 5.74) is 0.547. The predicted molar refractivity (Wildman–Crippen MR) is 56.3 cm³/mol. The van der Waals surface area contributed by atoms with E-state index < -0.39 is 0 Å². The molecule has 0 aliphatic carbocycles. The zero-order valence-electron chi connectivity index (χ0n) is 9.03. The molecule has 14 heavy (non-hydrogen) atoms. The third kappa shape index (κ3) is 3.47. The van der Waals surface area contributed by atoms with E-state index in [4.69, 9.17) is 9.47 Å². The molecule has 0 aliphatic heterocycles. The molecule has 0 N–H and O–H groups in total. The summed E-state index contributed by atoms with van der Waals surface area (Å²) in [5.74, 6) is 1.24. The van der Waals surface area contributed by atoms with E-state index in [1.54, 1.807) is 32.4 Å². The Morgan fingerprint density at radius 2 is 1.43 bits per heavy atom. The van der Waals surface area contributed by atoms with Gasteiger partial charge in [-0.25, -0.2) is 0 Å². The number of hydrogen-bond acceptors (Lipinski definition) is 3. The molecule has 0 spiro atoms. The SMILES string of the molecule is CC.COc1cc(C=O)cc(OC)c1. The Balaban J connectivity index is 0.000000791. The van der Waals surface area contributed by atoms with Gasteiger partial charge in [0.05, 0.1) is 14.2 Å². The van der Waals surface area contributed by atoms with Gasteiger partial charge in [0.15, 0.2) is 0 Å². The van der Waals surface area contributed by atoms with E-state index in [9.17, 15) is 4.79 Å². The third-order valence-electron chi connectivity index (χ3n) is 1.51. The molecule has 0 radical (unpaired) electrons. The normalized spacial score (nSPS) is 8.29. The Bertz CT molecular complexity index is 260. The molecule has 0 saturated heterocycles. The van der Waals surface area contributed by atoms with Crippen LogP contribution in [0.3, 0.4) is 0 Å². The van der Waals surface area contributed by atoms with Crippen LogP contribution in [0.15, 0.2) is 18.2 Å². The number of benzene rings is 1. The number of carbonyl (C=O) groups is 1. The highest BCUT2D eigenvalue weighted by atomic mass is 16.5. The van der Waals surface area contributed by atoms with Gasteiger partial charge in [-0.05, 0) is 12.1 Å². The molecule has 0 atom stereocenters. The first-order chi connectivity index (χ1) is 6.80. The number of aldehydes is 1. The largest absolute Gasteiger partial charge is 0.497 e. The van der Waals surface area contributed by atoms with Crippen LogP contribution in [0.25, 0.3) is 0 Å². The van der Waals surface area contributed by atoms with Crippen LogP contribution in [0.2, 0.25) is 0 Å². The van der Waals surface area contributed by atoms with Crippen molar-refractivity contribution in [3.05, 3.63) is 23.8 Å². The van der Waals surface area contributed by atoms with Gasteiger partial charge in [-0.1, -0.05) is 13.8 Å². The average molecular weight is 196 g/mol. The van der Waals surface area contributed by atoms with Gasteiger partial charge in [0.1, 0.15) is 17.8 Å². The van der Waals surface area contributed by atoms with Crippen LogP contribution in [0.4, 0.5) is 0 Å². The van der Waals surface area contributed by atoms with Crippen molar-refractivity contribution < 1.29 is 14.3 Å². The molecule has 0 amide bonds. The summed E-state index contributed by atoms with van der Waals surface area (Å²) in [4.78, 5) is 10.4. The van der Waals surface area contributed by atoms with Crippen LogP contribution >= 0.6 is 0 Å². The van der Waals surface area contributed by atoms with Crippen molar-refractivity contribution in [2.45, 2.75) is 13.8 Å². The minimum atomic E-state index is 0.547. The second kappa shape index (κ2) is 6.95. The Labute approximate surface area is 84.7 Å². The fraction of sp³-hybridized carbons (Fsp3) is 0.364. The van der Waals surface area contributed by atoms with E-state index >= 15 is 0 Å². The van der Waals surface area contributed by atoms with Crippen LogP contribution in [0, 0.1) is 0 Å². The lowest BCUT2D eigenvalue weighted by molar-refractivity contribution is 0.112. The van der Waals surface area contributed by atoms with Gasteiger partial charge in [0.25, 0.3) is 0 Å². The zero-order chi connectivity index (χ0) is 11.0. The van der Waals surface area contributed by atoms with E-state index in [-0.39, 0.29) is 0 Å². The zero-order valence-corrected chi connectivity index (χ0v) is 9.03. The van der Waals surface area contributed by atoms with E-state index in [2.05, 4.69) is 0 Å². The van der Waals surface area contributed by atoms with E-state index in [0.717, 1.165) is 6.29 Å². The molecule has 1 rings (SSSR count). The van der Waals surface area contributed by atoms with Crippen molar-refractivity contribution in [2.75, 3.05) is 14.2 Å². The average Bonchev–Trinajstić information content (AvgIpc) is 2.30. The van der Waals surface area contributed by atoms with Gasteiger partial charge in [-0.3, -0.25) is 4.79 Å². The topological polar surface area (TPSA) is 35.5 Å². The fourth-order valence-corrected chi connectivity index (χ4v) is 0.897. The van der Waals surface area contributed by atoms with Gasteiger partial charge in [-0.2, -0.15) is 0 Å². The monoisotopic (exact) mass is 196 g/mol. The Kier molecular flexibility index (Phi) is 6.20. The molecule has 0 fully saturated rings. The van der Waals surface area contributed by atoms with Crippen molar-refractivity contribution >= 4 is 6.29 Å². The van der Waals surface area contributed by atoms with Crippen LogP contribution in [0.5, 0.6) is 11.5 Å². The lowest BCUT2D eigenvalue weighted by Crippen LogP contribution is -1.89. The van der Waals surface area contributed by atoms with Crippen molar-refractivity contribution in [3.8, 4) is 11.5 Å².